The van der Waals surface area contributed by atoms with Crippen LogP contribution in [0.2, 0.25) is 0 Å². The Morgan fingerprint density at radius 2 is 1.79 bits per heavy atom. The number of pyridine rings is 2. The zero-order valence-corrected chi connectivity index (χ0v) is 17.6. The van der Waals surface area contributed by atoms with Crippen LogP contribution in [0.25, 0.3) is 27.8 Å². The van der Waals surface area contributed by atoms with Crippen LogP contribution in [0.4, 0.5) is 0 Å². The Morgan fingerprint density at radius 3 is 2.73 bits per heavy atom. The molecule has 1 amide bonds. The van der Waals surface area contributed by atoms with Crippen LogP contribution >= 0.6 is 0 Å². The number of nitrogens with one attached hydrogen (secondary N) is 1. The summed E-state index contributed by atoms with van der Waals surface area (Å²) in [7, 11) is 0. The molecule has 1 aliphatic heterocycles. The predicted octanol–water partition coefficient (Wildman–Crippen LogP) is 3.65. The molecular formula is C25H19N5O3. The third-order valence-electron chi connectivity index (χ3n) is 5.59. The number of aromatic nitrogens is 4. The smallest absolute Gasteiger partial charge is 0.252 e. The second kappa shape index (κ2) is 7.90. The van der Waals surface area contributed by atoms with Crippen LogP contribution in [0.1, 0.15) is 16.2 Å². The van der Waals surface area contributed by atoms with Gasteiger partial charge in [0.25, 0.3) is 5.91 Å². The van der Waals surface area contributed by atoms with Gasteiger partial charge in [0.1, 0.15) is 13.2 Å². The molecule has 4 heterocycles. The second-order valence-electron chi connectivity index (χ2n) is 7.66. The maximum Gasteiger partial charge on any atom is 0.252 e. The van der Waals surface area contributed by atoms with Gasteiger partial charge in [-0.05, 0) is 42.5 Å². The Morgan fingerprint density at radius 1 is 0.939 bits per heavy atom. The zero-order valence-electron chi connectivity index (χ0n) is 17.6. The van der Waals surface area contributed by atoms with E-state index >= 15 is 0 Å². The van der Waals surface area contributed by atoms with Crippen molar-refractivity contribution >= 4 is 22.5 Å². The first-order valence-electron chi connectivity index (χ1n) is 10.6. The molecule has 0 aliphatic carbocycles. The normalized spacial score (nSPS) is 12.7. The molecule has 0 saturated heterocycles. The first kappa shape index (κ1) is 19.2. The summed E-state index contributed by atoms with van der Waals surface area (Å²) in [6, 6.07) is 20.8. The fourth-order valence-corrected chi connectivity index (χ4v) is 3.98. The van der Waals surface area contributed by atoms with Crippen molar-refractivity contribution < 1.29 is 14.3 Å². The molecule has 3 aromatic heterocycles. The third-order valence-corrected chi connectivity index (χ3v) is 5.59. The molecule has 0 unspecified atom stereocenters. The number of ether oxygens (including phenoxy) is 2. The highest BCUT2D eigenvalue weighted by molar-refractivity contribution is 6.07. The van der Waals surface area contributed by atoms with E-state index < -0.39 is 0 Å². The van der Waals surface area contributed by atoms with Gasteiger partial charge in [0, 0.05) is 17.1 Å². The Bertz CT molecular complexity index is 1510. The number of fused-ring (bicyclic) bond motifs is 3. The number of amides is 1. The molecular weight excluding hydrogens is 418 g/mol. The van der Waals surface area contributed by atoms with Gasteiger partial charge in [0.05, 0.1) is 23.3 Å². The Labute approximate surface area is 188 Å². The molecule has 8 heteroatoms. The molecule has 8 nitrogen and oxygen atoms in total. The van der Waals surface area contributed by atoms with E-state index in [1.54, 1.807) is 0 Å². The second-order valence-corrected chi connectivity index (χ2v) is 7.66. The van der Waals surface area contributed by atoms with E-state index in [-0.39, 0.29) is 12.5 Å². The summed E-state index contributed by atoms with van der Waals surface area (Å²) < 4.78 is 13.2. The zero-order chi connectivity index (χ0) is 22.2. The van der Waals surface area contributed by atoms with Gasteiger partial charge in [-0.15, -0.1) is 10.2 Å². The molecule has 6 rings (SSSR count). The molecule has 1 aliphatic rings. The van der Waals surface area contributed by atoms with Crippen LogP contribution in [0.3, 0.4) is 0 Å². The Hall–Kier alpha value is -4.46. The minimum atomic E-state index is -0.208. The van der Waals surface area contributed by atoms with Gasteiger partial charge in [0.2, 0.25) is 0 Å². The molecule has 33 heavy (non-hydrogen) atoms. The van der Waals surface area contributed by atoms with Crippen molar-refractivity contribution in [1.29, 1.82) is 0 Å². The number of hydrogen-bond acceptors (Lipinski definition) is 6. The van der Waals surface area contributed by atoms with Crippen LogP contribution in [0.5, 0.6) is 11.5 Å². The maximum absolute atomic E-state index is 13.3. The standard InChI is InChI=1S/C25H19N5O3/c31-25(26-15-24-29-28-23-7-3-4-10-30(23)24)18-14-20(27-19-6-2-1-5-17(18)19)16-8-9-21-22(13-16)33-12-11-32-21/h1-10,13-14H,11-12,15H2,(H,26,31). The summed E-state index contributed by atoms with van der Waals surface area (Å²) in [5.74, 6) is 1.84. The third kappa shape index (κ3) is 3.51. The summed E-state index contributed by atoms with van der Waals surface area (Å²) in [5.41, 5.74) is 3.55. The van der Waals surface area contributed by atoms with Crippen molar-refractivity contribution in [2.75, 3.05) is 13.2 Å². The first-order chi connectivity index (χ1) is 16.3. The monoisotopic (exact) mass is 437 g/mol. The fourth-order valence-electron chi connectivity index (χ4n) is 3.98. The number of para-hydroxylation sites is 1. The first-order valence-corrected chi connectivity index (χ1v) is 10.6. The van der Waals surface area contributed by atoms with Crippen molar-refractivity contribution in [2.24, 2.45) is 0 Å². The molecule has 162 valence electrons. The van der Waals surface area contributed by atoms with E-state index in [1.165, 1.54) is 0 Å². The number of hydrogen-bond donors (Lipinski definition) is 1. The number of benzene rings is 2. The van der Waals surface area contributed by atoms with Gasteiger partial charge in [-0.3, -0.25) is 9.20 Å². The molecule has 5 aromatic rings. The van der Waals surface area contributed by atoms with E-state index in [0.29, 0.717) is 41.8 Å². The highest BCUT2D eigenvalue weighted by atomic mass is 16.6. The maximum atomic E-state index is 13.3. The van der Waals surface area contributed by atoms with E-state index in [1.807, 2.05) is 77.3 Å². The average molecular weight is 437 g/mol. The van der Waals surface area contributed by atoms with Crippen LogP contribution in [-0.4, -0.2) is 38.7 Å². The lowest BCUT2D eigenvalue weighted by Crippen LogP contribution is -2.24. The molecule has 0 saturated carbocycles. The van der Waals surface area contributed by atoms with E-state index in [0.717, 1.165) is 22.1 Å². The van der Waals surface area contributed by atoms with Gasteiger partial charge < -0.3 is 14.8 Å². The lowest BCUT2D eigenvalue weighted by Gasteiger charge is -2.19. The van der Waals surface area contributed by atoms with Crippen molar-refractivity contribution in [2.45, 2.75) is 6.54 Å². The number of rotatable bonds is 4. The SMILES string of the molecule is O=C(NCc1nnc2ccccn12)c1cc(-c2ccc3c(c2)OCCO3)nc2ccccc12. The van der Waals surface area contributed by atoms with Gasteiger partial charge in [-0.25, -0.2) is 4.98 Å². The Kier molecular flexibility index (Phi) is 4.61. The summed E-state index contributed by atoms with van der Waals surface area (Å²) in [4.78, 5) is 18.1. The lowest BCUT2D eigenvalue weighted by molar-refractivity contribution is 0.0951. The van der Waals surface area contributed by atoms with E-state index in [4.69, 9.17) is 14.5 Å². The van der Waals surface area contributed by atoms with Crippen LogP contribution in [-0.2, 0) is 6.54 Å². The number of carbonyl (C=O) groups excluding carboxylic acids is 1. The largest absolute Gasteiger partial charge is 0.486 e. The van der Waals surface area contributed by atoms with Crippen molar-refractivity contribution in [3.8, 4) is 22.8 Å². The highest BCUT2D eigenvalue weighted by Gasteiger charge is 2.17. The summed E-state index contributed by atoms with van der Waals surface area (Å²) >= 11 is 0. The molecule has 0 radical (unpaired) electrons. The lowest BCUT2D eigenvalue weighted by atomic mass is 10.0. The van der Waals surface area contributed by atoms with E-state index in [9.17, 15) is 4.79 Å². The van der Waals surface area contributed by atoms with Gasteiger partial charge in [-0.2, -0.15) is 0 Å². The van der Waals surface area contributed by atoms with Crippen LogP contribution in [0, 0.1) is 0 Å². The molecule has 0 fully saturated rings. The van der Waals surface area contributed by atoms with E-state index in [2.05, 4.69) is 15.5 Å². The summed E-state index contributed by atoms with van der Waals surface area (Å²) in [6.07, 6.45) is 1.87. The molecule has 1 N–H and O–H groups in total. The topological polar surface area (TPSA) is 90.6 Å². The number of carbonyl (C=O) groups is 1. The molecule has 2 aromatic carbocycles. The van der Waals surface area contributed by atoms with Crippen LogP contribution < -0.4 is 14.8 Å². The molecule has 0 atom stereocenters. The minimum Gasteiger partial charge on any atom is -0.486 e. The minimum absolute atomic E-state index is 0.208. The average Bonchev–Trinajstić information content (AvgIpc) is 3.29. The van der Waals surface area contributed by atoms with Gasteiger partial charge >= 0.3 is 0 Å². The number of nitrogens with zero attached hydrogens (tertiary/aromatic N) is 4. The molecule has 0 bridgehead atoms. The fraction of sp³-hybridized carbons (Fsp3) is 0.120. The Balaban J connectivity index is 1.36. The van der Waals surface area contributed by atoms with Crippen molar-refractivity contribution in [3.05, 3.63) is 84.3 Å². The van der Waals surface area contributed by atoms with Crippen molar-refractivity contribution in [3.63, 3.8) is 0 Å². The quantitative estimate of drug-likeness (QED) is 0.462. The highest BCUT2D eigenvalue weighted by Crippen LogP contribution is 2.35. The summed E-state index contributed by atoms with van der Waals surface area (Å²) in [5, 5.41) is 12.1. The summed E-state index contributed by atoms with van der Waals surface area (Å²) in [6.45, 7) is 1.29. The van der Waals surface area contributed by atoms with Gasteiger partial charge in [-0.1, -0.05) is 24.3 Å². The van der Waals surface area contributed by atoms with Crippen LogP contribution in [0.15, 0.2) is 72.9 Å². The van der Waals surface area contributed by atoms with Crippen molar-refractivity contribution in [1.82, 2.24) is 24.9 Å². The molecule has 0 spiro atoms. The predicted molar refractivity (Wildman–Crippen MR) is 122 cm³/mol. The van der Waals surface area contributed by atoms with Gasteiger partial charge in [0.15, 0.2) is 23.0 Å².